The normalized spacial score (nSPS) is 10.2. The minimum atomic E-state index is 0.259. The van der Waals surface area contributed by atoms with Crippen molar-refractivity contribution in [2.75, 3.05) is 4.90 Å². The van der Waals surface area contributed by atoms with Crippen LogP contribution >= 0.6 is 0 Å². The summed E-state index contributed by atoms with van der Waals surface area (Å²) in [6, 6.07) is 9.94. The molecular weight excluding hydrogens is 174 g/mol. The quantitative estimate of drug-likeness (QED) is 0.654. The second-order valence-corrected chi connectivity index (χ2v) is 3.27. The number of carbonyl (C=O) groups excluding carboxylic acids is 1. The number of rotatable bonds is 5. The molecule has 1 aromatic rings. The molecule has 0 spiro atoms. The van der Waals surface area contributed by atoms with Crippen molar-refractivity contribution in [1.82, 2.24) is 0 Å². The van der Waals surface area contributed by atoms with Gasteiger partial charge in [-0.2, -0.15) is 0 Å². The number of amides is 1. The first-order valence-corrected chi connectivity index (χ1v) is 5.05. The van der Waals surface area contributed by atoms with Gasteiger partial charge in [-0.3, -0.25) is 4.79 Å². The van der Waals surface area contributed by atoms with E-state index in [0.717, 1.165) is 18.5 Å². The van der Waals surface area contributed by atoms with Crippen LogP contribution in [-0.4, -0.2) is 12.5 Å². The van der Waals surface area contributed by atoms with Gasteiger partial charge in [-0.05, 0) is 25.0 Å². The second-order valence-electron chi connectivity index (χ2n) is 3.27. The molecule has 0 unspecified atom stereocenters. The zero-order valence-electron chi connectivity index (χ0n) is 8.73. The molecule has 75 valence electrons. The summed E-state index contributed by atoms with van der Waals surface area (Å²) in [7, 11) is 0. The molecule has 0 saturated carbocycles. The van der Waals surface area contributed by atoms with Gasteiger partial charge in [0, 0.05) is 11.7 Å². The van der Waals surface area contributed by atoms with Crippen molar-refractivity contribution in [3.63, 3.8) is 0 Å². The highest BCUT2D eigenvalue weighted by Gasteiger charge is 2.14. The van der Waals surface area contributed by atoms with Crippen LogP contribution in [0.25, 0.3) is 0 Å². The van der Waals surface area contributed by atoms with E-state index in [1.807, 2.05) is 36.7 Å². The molecule has 0 aliphatic carbocycles. The summed E-state index contributed by atoms with van der Waals surface area (Å²) in [4.78, 5) is 12.5. The largest absolute Gasteiger partial charge is 0.317 e. The number of hydrogen-bond acceptors (Lipinski definition) is 1. The van der Waals surface area contributed by atoms with Crippen LogP contribution in [0.5, 0.6) is 0 Å². The predicted molar refractivity (Wildman–Crippen MR) is 59.0 cm³/mol. The third kappa shape index (κ3) is 2.34. The first-order valence-electron chi connectivity index (χ1n) is 5.05. The molecule has 1 rings (SSSR count). The Kier molecular flexibility index (Phi) is 4.17. The zero-order chi connectivity index (χ0) is 10.4. The number of anilines is 1. The van der Waals surface area contributed by atoms with E-state index in [2.05, 4.69) is 13.8 Å². The van der Waals surface area contributed by atoms with Crippen LogP contribution in [0.1, 0.15) is 26.7 Å². The molecule has 0 atom stereocenters. The molecule has 0 aliphatic rings. The van der Waals surface area contributed by atoms with Crippen molar-refractivity contribution in [2.45, 2.75) is 32.7 Å². The Balaban J connectivity index is 2.86. The fourth-order valence-electron chi connectivity index (χ4n) is 1.58. The van der Waals surface area contributed by atoms with Gasteiger partial charge in [-0.25, -0.2) is 0 Å². The SMILES string of the molecule is CCC(CC)N([C]=O)c1ccccc1. The lowest BCUT2D eigenvalue weighted by Crippen LogP contribution is -2.32. The number of para-hydroxylation sites is 1. The van der Waals surface area contributed by atoms with E-state index in [1.165, 1.54) is 0 Å². The minimum absolute atomic E-state index is 0.259. The van der Waals surface area contributed by atoms with E-state index in [9.17, 15) is 4.79 Å². The Morgan fingerprint density at radius 1 is 1.21 bits per heavy atom. The van der Waals surface area contributed by atoms with Gasteiger partial charge < -0.3 is 4.90 Å². The summed E-state index contributed by atoms with van der Waals surface area (Å²) >= 11 is 0. The van der Waals surface area contributed by atoms with Crippen molar-refractivity contribution >= 4 is 12.1 Å². The first-order chi connectivity index (χ1) is 6.83. The van der Waals surface area contributed by atoms with Crippen LogP contribution in [0.3, 0.4) is 0 Å². The van der Waals surface area contributed by atoms with E-state index in [4.69, 9.17) is 0 Å². The van der Waals surface area contributed by atoms with Gasteiger partial charge in [0.05, 0.1) is 0 Å². The fraction of sp³-hybridized carbons (Fsp3) is 0.417. The standard InChI is InChI=1S/C12H16NO/c1-3-11(4-2)13(10-14)12-8-6-5-7-9-12/h5-9,11H,3-4H2,1-2H3. The molecule has 1 amide bonds. The van der Waals surface area contributed by atoms with Gasteiger partial charge in [0.1, 0.15) is 0 Å². The molecule has 0 heterocycles. The topological polar surface area (TPSA) is 20.3 Å². The molecule has 14 heavy (non-hydrogen) atoms. The number of nitrogens with zero attached hydrogens (tertiary/aromatic N) is 1. The molecule has 0 aromatic heterocycles. The van der Waals surface area contributed by atoms with Crippen molar-refractivity contribution < 1.29 is 4.79 Å². The molecule has 1 radical (unpaired) electrons. The Labute approximate surface area is 85.5 Å². The molecular formula is C12H16NO. The van der Waals surface area contributed by atoms with Gasteiger partial charge in [0.25, 0.3) is 0 Å². The Bertz CT molecular complexity index is 267. The molecule has 2 heteroatoms. The van der Waals surface area contributed by atoms with Gasteiger partial charge in [-0.15, -0.1) is 0 Å². The van der Waals surface area contributed by atoms with Gasteiger partial charge >= 0.3 is 6.41 Å². The minimum Gasteiger partial charge on any atom is -0.301 e. The molecule has 0 aliphatic heterocycles. The van der Waals surface area contributed by atoms with E-state index in [-0.39, 0.29) is 6.04 Å². The molecule has 0 N–H and O–H groups in total. The van der Waals surface area contributed by atoms with Gasteiger partial charge in [0.15, 0.2) is 0 Å². The lowest BCUT2D eigenvalue weighted by molar-refractivity contribution is 0.529. The van der Waals surface area contributed by atoms with Crippen LogP contribution in [0.2, 0.25) is 0 Å². The average Bonchev–Trinajstić information content (AvgIpc) is 2.27. The van der Waals surface area contributed by atoms with Crippen LogP contribution in [0.15, 0.2) is 30.3 Å². The summed E-state index contributed by atoms with van der Waals surface area (Å²) in [5.74, 6) is 0. The van der Waals surface area contributed by atoms with Crippen LogP contribution < -0.4 is 4.90 Å². The fourth-order valence-corrected chi connectivity index (χ4v) is 1.58. The lowest BCUT2D eigenvalue weighted by atomic mass is 10.1. The lowest BCUT2D eigenvalue weighted by Gasteiger charge is -2.25. The average molecular weight is 190 g/mol. The summed E-state index contributed by atoms with van der Waals surface area (Å²) in [5.41, 5.74) is 0.927. The van der Waals surface area contributed by atoms with E-state index in [1.54, 1.807) is 4.90 Å². The van der Waals surface area contributed by atoms with Crippen LogP contribution in [0, 0.1) is 0 Å². The number of hydrogen-bond donors (Lipinski definition) is 0. The van der Waals surface area contributed by atoms with E-state index < -0.39 is 0 Å². The second kappa shape index (κ2) is 5.43. The van der Waals surface area contributed by atoms with Crippen LogP contribution in [0.4, 0.5) is 5.69 Å². The molecule has 0 saturated heterocycles. The van der Waals surface area contributed by atoms with E-state index in [0.29, 0.717) is 0 Å². The highest BCUT2D eigenvalue weighted by atomic mass is 16.1. The first kappa shape index (κ1) is 10.8. The van der Waals surface area contributed by atoms with E-state index >= 15 is 0 Å². The molecule has 0 fully saturated rings. The van der Waals surface area contributed by atoms with Crippen molar-refractivity contribution in [2.24, 2.45) is 0 Å². The van der Waals surface area contributed by atoms with Gasteiger partial charge in [0.2, 0.25) is 0 Å². The molecule has 0 bridgehead atoms. The number of benzene rings is 1. The van der Waals surface area contributed by atoms with Crippen molar-refractivity contribution in [3.05, 3.63) is 30.3 Å². The summed E-state index contributed by atoms with van der Waals surface area (Å²) in [5, 5.41) is 0. The third-order valence-electron chi connectivity index (χ3n) is 2.44. The smallest absolute Gasteiger partial charge is 0.301 e. The predicted octanol–water partition coefficient (Wildman–Crippen LogP) is 2.75. The summed E-state index contributed by atoms with van der Waals surface area (Å²) < 4.78 is 0. The van der Waals surface area contributed by atoms with Gasteiger partial charge in [-0.1, -0.05) is 32.0 Å². The maximum absolute atomic E-state index is 10.9. The summed E-state index contributed by atoms with van der Waals surface area (Å²) in [6.07, 6.45) is 3.92. The third-order valence-corrected chi connectivity index (χ3v) is 2.44. The highest BCUT2D eigenvalue weighted by Crippen LogP contribution is 2.17. The maximum Gasteiger partial charge on any atom is 0.317 e. The molecule has 2 nitrogen and oxygen atoms in total. The van der Waals surface area contributed by atoms with Crippen molar-refractivity contribution in [3.8, 4) is 0 Å². The maximum atomic E-state index is 10.9. The zero-order valence-corrected chi connectivity index (χ0v) is 8.73. The van der Waals surface area contributed by atoms with Crippen LogP contribution in [-0.2, 0) is 4.79 Å². The summed E-state index contributed by atoms with van der Waals surface area (Å²) in [6.45, 7) is 4.17. The Hall–Kier alpha value is -1.31. The molecule has 1 aromatic carbocycles. The van der Waals surface area contributed by atoms with Crippen molar-refractivity contribution in [1.29, 1.82) is 0 Å². The monoisotopic (exact) mass is 190 g/mol. The Morgan fingerprint density at radius 2 is 1.79 bits per heavy atom. The highest BCUT2D eigenvalue weighted by molar-refractivity contribution is 5.76. The Morgan fingerprint density at radius 3 is 2.21 bits per heavy atom.